The number of halogens is 2. The third kappa shape index (κ3) is 2.72. The van der Waals surface area contributed by atoms with Gasteiger partial charge in [-0.1, -0.05) is 32.4 Å². The topological polar surface area (TPSA) is 0 Å². The first-order valence-electron chi connectivity index (χ1n) is 6.98. The molecular formula is C17H22F2. The van der Waals surface area contributed by atoms with E-state index in [2.05, 4.69) is 33.8 Å². The van der Waals surface area contributed by atoms with Gasteiger partial charge in [0.25, 0.3) is 0 Å². The van der Waals surface area contributed by atoms with Gasteiger partial charge in [0, 0.05) is 11.5 Å². The lowest BCUT2D eigenvalue weighted by Gasteiger charge is -2.42. The molecule has 19 heavy (non-hydrogen) atoms. The molecule has 0 radical (unpaired) electrons. The Labute approximate surface area is 114 Å². The van der Waals surface area contributed by atoms with Gasteiger partial charge in [0.1, 0.15) is 11.6 Å². The van der Waals surface area contributed by atoms with E-state index < -0.39 is 11.6 Å². The van der Waals surface area contributed by atoms with Crippen molar-refractivity contribution < 1.29 is 8.78 Å². The third-order valence-electron chi connectivity index (χ3n) is 4.46. The molecule has 1 aromatic carbocycles. The number of benzene rings is 1. The second kappa shape index (κ2) is 5.07. The first kappa shape index (κ1) is 14.2. The molecule has 2 atom stereocenters. The van der Waals surface area contributed by atoms with Crippen LogP contribution in [0, 0.1) is 23.5 Å². The summed E-state index contributed by atoms with van der Waals surface area (Å²) in [5.41, 5.74) is 1.78. The highest BCUT2D eigenvalue weighted by Crippen LogP contribution is 2.45. The van der Waals surface area contributed by atoms with Crippen molar-refractivity contribution in [2.45, 2.75) is 46.0 Å². The predicted octanol–water partition coefficient (Wildman–Crippen LogP) is 5.23. The summed E-state index contributed by atoms with van der Waals surface area (Å²) in [6, 6.07) is 3.90. The summed E-state index contributed by atoms with van der Waals surface area (Å²) in [7, 11) is 0. The van der Waals surface area contributed by atoms with E-state index in [0.29, 0.717) is 11.8 Å². The van der Waals surface area contributed by atoms with Crippen molar-refractivity contribution in [3.63, 3.8) is 0 Å². The molecule has 0 fully saturated rings. The normalized spacial score (nSPS) is 27.5. The van der Waals surface area contributed by atoms with Crippen LogP contribution >= 0.6 is 0 Å². The quantitative estimate of drug-likeness (QED) is 0.641. The van der Waals surface area contributed by atoms with Crippen LogP contribution < -0.4 is 0 Å². The maximum absolute atomic E-state index is 13.5. The highest BCUT2D eigenvalue weighted by Gasteiger charge is 2.38. The molecule has 0 N–H and O–H groups in total. The van der Waals surface area contributed by atoms with Crippen LogP contribution in [0.1, 0.15) is 46.1 Å². The van der Waals surface area contributed by atoms with E-state index in [9.17, 15) is 8.78 Å². The van der Waals surface area contributed by atoms with Gasteiger partial charge in [-0.3, -0.25) is 0 Å². The Hall–Kier alpha value is -1.18. The van der Waals surface area contributed by atoms with Crippen molar-refractivity contribution in [1.29, 1.82) is 0 Å². The lowest BCUT2D eigenvalue weighted by atomic mass is 9.62. The summed E-state index contributed by atoms with van der Waals surface area (Å²) in [6.45, 7) is 8.58. The van der Waals surface area contributed by atoms with Gasteiger partial charge in [-0.25, -0.2) is 8.78 Å². The summed E-state index contributed by atoms with van der Waals surface area (Å²) in [6.07, 6.45) is 4.36. The molecule has 1 unspecified atom stereocenters. The standard InChI is InChI=1S/C17H22F2/c1-11(2)16-6-5-12(3)10-17(16,4)13-7-14(18)9-15(19)8-13/h7-11,16H,5-6H2,1-4H3/t16?,17-/m1/s1. The van der Waals surface area contributed by atoms with Gasteiger partial charge in [-0.2, -0.15) is 0 Å². The Bertz CT molecular complexity index is 482. The Balaban J connectivity index is 2.55. The molecule has 1 aromatic rings. The molecule has 0 bridgehead atoms. The predicted molar refractivity (Wildman–Crippen MR) is 75.0 cm³/mol. The first-order valence-corrected chi connectivity index (χ1v) is 6.98. The Morgan fingerprint density at radius 2 is 1.74 bits per heavy atom. The second-order valence-corrected chi connectivity index (χ2v) is 6.32. The van der Waals surface area contributed by atoms with Crippen molar-refractivity contribution in [2.24, 2.45) is 11.8 Å². The summed E-state index contributed by atoms with van der Waals surface area (Å²) < 4.78 is 27.0. The van der Waals surface area contributed by atoms with Gasteiger partial charge in [-0.15, -0.1) is 0 Å². The molecule has 2 rings (SSSR count). The van der Waals surface area contributed by atoms with Crippen LogP contribution in [0.5, 0.6) is 0 Å². The summed E-state index contributed by atoms with van der Waals surface area (Å²) in [5, 5.41) is 0. The molecule has 0 aliphatic heterocycles. The highest BCUT2D eigenvalue weighted by molar-refractivity contribution is 5.35. The average Bonchev–Trinajstić information content (AvgIpc) is 2.26. The van der Waals surface area contributed by atoms with Gasteiger partial charge in [-0.05, 0) is 49.3 Å². The lowest BCUT2D eigenvalue weighted by molar-refractivity contribution is 0.236. The van der Waals surface area contributed by atoms with Crippen LogP contribution in [0.15, 0.2) is 29.8 Å². The van der Waals surface area contributed by atoms with Gasteiger partial charge in [0.05, 0.1) is 0 Å². The van der Waals surface area contributed by atoms with Crippen LogP contribution in [0.3, 0.4) is 0 Å². The number of allylic oxidation sites excluding steroid dienone is 2. The van der Waals surface area contributed by atoms with E-state index in [1.54, 1.807) is 0 Å². The molecule has 0 aromatic heterocycles. The lowest BCUT2D eigenvalue weighted by Crippen LogP contribution is -2.36. The van der Waals surface area contributed by atoms with Crippen molar-refractivity contribution in [2.75, 3.05) is 0 Å². The zero-order valence-corrected chi connectivity index (χ0v) is 12.1. The Kier molecular flexibility index (Phi) is 3.80. The Morgan fingerprint density at radius 1 is 1.16 bits per heavy atom. The molecule has 0 spiro atoms. The van der Waals surface area contributed by atoms with E-state index in [4.69, 9.17) is 0 Å². The van der Waals surface area contributed by atoms with Gasteiger partial charge in [0.15, 0.2) is 0 Å². The average molecular weight is 264 g/mol. The van der Waals surface area contributed by atoms with E-state index in [1.807, 2.05) is 0 Å². The van der Waals surface area contributed by atoms with Crippen molar-refractivity contribution >= 4 is 0 Å². The number of hydrogen-bond acceptors (Lipinski definition) is 0. The molecule has 2 heteroatoms. The summed E-state index contributed by atoms with van der Waals surface area (Å²) in [4.78, 5) is 0. The maximum atomic E-state index is 13.5. The second-order valence-electron chi connectivity index (χ2n) is 6.32. The molecule has 1 aliphatic rings. The fourth-order valence-corrected chi connectivity index (χ4v) is 3.56. The third-order valence-corrected chi connectivity index (χ3v) is 4.46. The molecule has 0 saturated carbocycles. The molecule has 0 nitrogen and oxygen atoms in total. The van der Waals surface area contributed by atoms with Crippen LogP contribution in [0.25, 0.3) is 0 Å². The van der Waals surface area contributed by atoms with Crippen molar-refractivity contribution in [1.82, 2.24) is 0 Å². The van der Waals surface area contributed by atoms with Crippen LogP contribution in [-0.2, 0) is 5.41 Å². The molecule has 0 amide bonds. The zero-order chi connectivity index (χ0) is 14.2. The van der Waals surface area contributed by atoms with Crippen molar-refractivity contribution in [3.8, 4) is 0 Å². The molecule has 104 valence electrons. The highest BCUT2D eigenvalue weighted by atomic mass is 19.1. The number of hydrogen-bond donors (Lipinski definition) is 0. The molecule has 0 heterocycles. The van der Waals surface area contributed by atoms with E-state index in [0.717, 1.165) is 24.5 Å². The van der Waals surface area contributed by atoms with E-state index in [1.165, 1.54) is 17.7 Å². The number of rotatable bonds is 2. The van der Waals surface area contributed by atoms with Crippen LogP contribution in [0.2, 0.25) is 0 Å². The monoisotopic (exact) mass is 264 g/mol. The summed E-state index contributed by atoms with van der Waals surface area (Å²) in [5.74, 6) is -0.0798. The Morgan fingerprint density at radius 3 is 2.26 bits per heavy atom. The summed E-state index contributed by atoms with van der Waals surface area (Å²) >= 11 is 0. The molecule has 1 aliphatic carbocycles. The SMILES string of the molecule is CC1=C[C@](C)(c2cc(F)cc(F)c2)C(C(C)C)CC1. The van der Waals surface area contributed by atoms with E-state index >= 15 is 0 Å². The van der Waals surface area contributed by atoms with Crippen LogP contribution in [-0.4, -0.2) is 0 Å². The van der Waals surface area contributed by atoms with Crippen molar-refractivity contribution in [3.05, 3.63) is 47.0 Å². The minimum absolute atomic E-state index is 0.278. The van der Waals surface area contributed by atoms with Gasteiger partial charge < -0.3 is 0 Å². The molecular weight excluding hydrogens is 242 g/mol. The minimum atomic E-state index is -0.490. The smallest absolute Gasteiger partial charge is 0.126 e. The minimum Gasteiger partial charge on any atom is -0.207 e. The molecule has 0 saturated heterocycles. The van der Waals surface area contributed by atoms with Gasteiger partial charge >= 0.3 is 0 Å². The fraction of sp³-hybridized carbons (Fsp3) is 0.529. The fourth-order valence-electron chi connectivity index (χ4n) is 3.56. The zero-order valence-electron chi connectivity index (χ0n) is 12.1. The largest absolute Gasteiger partial charge is 0.207 e. The first-order chi connectivity index (χ1) is 8.83. The van der Waals surface area contributed by atoms with Gasteiger partial charge in [0.2, 0.25) is 0 Å². The maximum Gasteiger partial charge on any atom is 0.126 e. The van der Waals surface area contributed by atoms with E-state index in [-0.39, 0.29) is 5.41 Å². The van der Waals surface area contributed by atoms with Crippen LogP contribution in [0.4, 0.5) is 8.78 Å².